The zero-order valence-corrected chi connectivity index (χ0v) is 16.6. The zero-order valence-electron chi connectivity index (χ0n) is 16.6. The van der Waals surface area contributed by atoms with E-state index >= 15 is 0 Å². The van der Waals surface area contributed by atoms with Crippen molar-refractivity contribution in [2.24, 2.45) is 11.7 Å². The lowest BCUT2D eigenvalue weighted by molar-refractivity contribution is -0.128. The predicted molar refractivity (Wildman–Crippen MR) is 106 cm³/mol. The molecule has 0 radical (unpaired) electrons. The molecular formula is C21H35N3O2. The van der Waals surface area contributed by atoms with Gasteiger partial charge in [0.05, 0.1) is 5.92 Å². The van der Waals surface area contributed by atoms with E-state index in [-0.39, 0.29) is 17.4 Å². The molecule has 26 heavy (non-hydrogen) atoms. The minimum absolute atomic E-state index is 0.0780. The second-order valence-electron chi connectivity index (χ2n) is 7.54. The summed E-state index contributed by atoms with van der Waals surface area (Å²) in [7, 11) is 0. The molecule has 1 fully saturated rings. The lowest BCUT2D eigenvalue weighted by Gasteiger charge is -2.37. The molecule has 1 aromatic carbocycles. The minimum atomic E-state index is -0.384. The van der Waals surface area contributed by atoms with Gasteiger partial charge in [-0.3, -0.25) is 4.79 Å². The molecule has 1 aromatic rings. The summed E-state index contributed by atoms with van der Waals surface area (Å²) in [5, 5.41) is 3.05. The van der Waals surface area contributed by atoms with Gasteiger partial charge in [-0.1, -0.05) is 38.8 Å². The Hall–Kier alpha value is -1.59. The van der Waals surface area contributed by atoms with Crippen molar-refractivity contribution < 1.29 is 9.53 Å². The van der Waals surface area contributed by atoms with Gasteiger partial charge in [-0.25, -0.2) is 0 Å². The number of amides is 1. The van der Waals surface area contributed by atoms with E-state index < -0.39 is 0 Å². The molecule has 5 nitrogen and oxygen atoms in total. The van der Waals surface area contributed by atoms with Gasteiger partial charge in [-0.2, -0.15) is 0 Å². The van der Waals surface area contributed by atoms with Crippen molar-refractivity contribution in [3.05, 3.63) is 29.8 Å². The number of nitrogens with one attached hydrogen (secondary N) is 1. The van der Waals surface area contributed by atoms with E-state index in [9.17, 15) is 4.79 Å². The molecule has 0 aromatic heterocycles. The fraction of sp³-hybridized carbons (Fsp3) is 0.667. The van der Waals surface area contributed by atoms with E-state index in [4.69, 9.17) is 10.5 Å². The molecule has 1 saturated carbocycles. The largest absolute Gasteiger partial charge is 0.492 e. The van der Waals surface area contributed by atoms with Crippen molar-refractivity contribution in [3.63, 3.8) is 0 Å². The normalized spacial score (nSPS) is 23.0. The molecule has 2 atom stereocenters. The lowest BCUT2D eigenvalue weighted by Crippen LogP contribution is -2.52. The second-order valence-corrected chi connectivity index (χ2v) is 7.54. The molecule has 1 aliphatic carbocycles. The number of hydrogen-bond donors (Lipinski definition) is 2. The Balaban J connectivity index is 1.77. The number of carbonyl (C=O) groups excluding carboxylic acids is 1. The van der Waals surface area contributed by atoms with E-state index in [1.807, 2.05) is 31.2 Å². The molecule has 0 saturated heterocycles. The highest BCUT2D eigenvalue weighted by Crippen LogP contribution is 2.31. The standard InChI is InChI=1S/C21H35N3O2/c1-4-24(5-2)14-15-26-18-11-9-17(10-12-18)16-23-20(25)19-8-6-7-13-21(19,3)22/h9-12,19H,4-8,13-16,22H2,1-3H3,(H,23,25). The predicted octanol–water partition coefficient (Wildman–Crippen LogP) is 2.93. The van der Waals surface area contributed by atoms with Crippen LogP contribution >= 0.6 is 0 Å². The van der Waals surface area contributed by atoms with E-state index in [1.54, 1.807) is 0 Å². The lowest BCUT2D eigenvalue weighted by atomic mass is 9.74. The van der Waals surface area contributed by atoms with Crippen molar-refractivity contribution in [2.45, 2.75) is 58.5 Å². The summed E-state index contributed by atoms with van der Waals surface area (Å²) in [5.74, 6) is 0.863. The van der Waals surface area contributed by atoms with Crippen LogP contribution in [0.5, 0.6) is 5.75 Å². The molecule has 1 amide bonds. The van der Waals surface area contributed by atoms with Gasteiger partial charge in [0.25, 0.3) is 0 Å². The third kappa shape index (κ3) is 5.99. The number of hydrogen-bond acceptors (Lipinski definition) is 4. The van der Waals surface area contributed by atoms with Gasteiger partial charge in [0.1, 0.15) is 12.4 Å². The van der Waals surface area contributed by atoms with Crippen LogP contribution in [0, 0.1) is 5.92 Å². The fourth-order valence-electron chi connectivity index (χ4n) is 3.64. The first-order valence-corrected chi connectivity index (χ1v) is 9.97. The zero-order chi connectivity index (χ0) is 19.0. The van der Waals surface area contributed by atoms with Crippen LogP contribution in [0.2, 0.25) is 0 Å². The first-order chi connectivity index (χ1) is 12.5. The van der Waals surface area contributed by atoms with Crippen molar-refractivity contribution in [1.82, 2.24) is 10.2 Å². The average molecular weight is 362 g/mol. The number of rotatable bonds is 9. The Morgan fingerprint density at radius 3 is 2.58 bits per heavy atom. The Labute approximate surface area is 158 Å². The maximum Gasteiger partial charge on any atom is 0.225 e. The van der Waals surface area contributed by atoms with Crippen molar-refractivity contribution in [3.8, 4) is 5.75 Å². The van der Waals surface area contributed by atoms with Crippen LogP contribution in [0.15, 0.2) is 24.3 Å². The number of ether oxygens (including phenoxy) is 1. The van der Waals surface area contributed by atoms with Crippen molar-refractivity contribution in [1.29, 1.82) is 0 Å². The highest BCUT2D eigenvalue weighted by molar-refractivity contribution is 5.80. The third-order valence-electron chi connectivity index (χ3n) is 5.53. The number of likely N-dealkylation sites (N-methyl/N-ethyl adjacent to an activating group) is 1. The SMILES string of the molecule is CCN(CC)CCOc1ccc(CNC(=O)C2CCCCC2(C)N)cc1. The summed E-state index contributed by atoms with van der Waals surface area (Å²) in [6.45, 7) is 10.6. The quantitative estimate of drug-likeness (QED) is 0.710. The van der Waals surface area contributed by atoms with E-state index in [0.29, 0.717) is 13.2 Å². The van der Waals surface area contributed by atoms with Crippen LogP contribution in [0.25, 0.3) is 0 Å². The summed E-state index contributed by atoms with van der Waals surface area (Å²) in [6, 6.07) is 7.96. The van der Waals surface area contributed by atoms with E-state index in [2.05, 4.69) is 24.1 Å². The van der Waals surface area contributed by atoms with Gasteiger partial charge in [-0.05, 0) is 50.6 Å². The van der Waals surface area contributed by atoms with Gasteiger partial charge < -0.3 is 20.7 Å². The van der Waals surface area contributed by atoms with Crippen LogP contribution in [-0.2, 0) is 11.3 Å². The average Bonchev–Trinajstić information content (AvgIpc) is 2.64. The van der Waals surface area contributed by atoms with Crippen LogP contribution in [0.4, 0.5) is 0 Å². The van der Waals surface area contributed by atoms with E-state index in [1.165, 1.54) is 0 Å². The molecular weight excluding hydrogens is 326 g/mol. The van der Waals surface area contributed by atoms with Crippen molar-refractivity contribution in [2.75, 3.05) is 26.2 Å². The summed E-state index contributed by atoms with van der Waals surface area (Å²) < 4.78 is 5.80. The fourth-order valence-corrected chi connectivity index (χ4v) is 3.64. The molecule has 2 unspecified atom stereocenters. The Morgan fingerprint density at radius 1 is 1.27 bits per heavy atom. The van der Waals surface area contributed by atoms with Gasteiger partial charge in [0.2, 0.25) is 5.91 Å². The molecule has 1 aliphatic rings. The summed E-state index contributed by atoms with van der Waals surface area (Å²) in [5.41, 5.74) is 7.01. The number of nitrogens with two attached hydrogens (primary N) is 1. The highest BCUT2D eigenvalue weighted by atomic mass is 16.5. The van der Waals surface area contributed by atoms with Gasteiger partial charge in [0, 0.05) is 18.6 Å². The maximum absolute atomic E-state index is 12.5. The number of carbonyl (C=O) groups is 1. The first-order valence-electron chi connectivity index (χ1n) is 9.97. The highest BCUT2D eigenvalue weighted by Gasteiger charge is 2.37. The van der Waals surface area contributed by atoms with Crippen LogP contribution in [0.1, 0.15) is 52.0 Å². The Kier molecular flexibility index (Phi) is 7.91. The molecule has 3 N–H and O–H groups in total. The molecule has 0 aliphatic heterocycles. The van der Waals surface area contributed by atoms with Crippen molar-refractivity contribution >= 4 is 5.91 Å². The summed E-state index contributed by atoms with van der Waals surface area (Å²) >= 11 is 0. The molecule has 146 valence electrons. The minimum Gasteiger partial charge on any atom is -0.492 e. The first kappa shape index (κ1) is 20.7. The smallest absolute Gasteiger partial charge is 0.225 e. The monoisotopic (exact) mass is 361 g/mol. The summed E-state index contributed by atoms with van der Waals surface area (Å²) in [6.07, 6.45) is 4.01. The molecule has 0 heterocycles. The molecule has 5 heteroatoms. The maximum atomic E-state index is 12.5. The van der Waals surface area contributed by atoms with Gasteiger partial charge >= 0.3 is 0 Å². The van der Waals surface area contributed by atoms with Crippen LogP contribution < -0.4 is 15.8 Å². The van der Waals surface area contributed by atoms with Gasteiger partial charge in [-0.15, -0.1) is 0 Å². The second kappa shape index (κ2) is 9.93. The number of nitrogens with zero attached hydrogens (tertiary/aromatic N) is 1. The molecule has 2 rings (SSSR count). The Bertz CT molecular complexity index is 553. The van der Waals surface area contributed by atoms with Crippen LogP contribution in [0.3, 0.4) is 0 Å². The van der Waals surface area contributed by atoms with E-state index in [0.717, 1.165) is 56.6 Å². The summed E-state index contributed by atoms with van der Waals surface area (Å²) in [4.78, 5) is 14.8. The van der Waals surface area contributed by atoms with Gasteiger partial charge in [0.15, 0.2) is 0 Å². The third-order valence-corrected chi connectivity index (χ3v) is 5.53. The van der Waals surface area contributed by atoms with Crippen LogP contribution in [-0.4, -0.2) is 42.6 Å². The Morgan fingerprint density at radius 2 is 1.96 bits per heavy atom. The molecule has 0 spiro atoms. The molecule has 0 bridgehead atoms. The topological polar surface area (TPSA) is 67.6 Å². The number of benzene rings is 1.